The lowest BCUT2D eigenvalue weighted by atomic mass is 10.0. The average Bonchev–Trinajstić information content (AvgIpc) is 3.17. The van der Waals surface area contributed by atoms with E-state index in [9.17, 15) is 9.59 Å². The van der Waals surface area contributed by atoms with E-state index in [1.54, 1.807) is 11.8 Å². The zero-order chi connectivity index (χ0) is 35.8. The highest BCUT2D eigenvalue weighted by Gasteiger charge is 2.04. The van der Waals surface area contributed by atoms with Crippen LogP contribution in [-0.2, 0) is 25.1 Å². The molecule has 5 aromatic rings. The molecule has 0 spiro atoms. The highest BCUT2D eigenvalue weighted by Crippen LogP contribution is 2.24. The van der Waals surface area contributed by atoms with Gasteiger partial charge < -0.3 is 13.7 Å². The number of benzene rings is 5. The van der Waals surface area contributed by atoms with E-state index in [1.165, 1.54) is 6.08 Å². The normalized spacial score (nSPS) is 10.1. The first kappa shape index (κ1) is 36.4. The van der Waals surface area contributed by atoms with Crippen molar-refractivity contribution >= 4 is 35.7 Å². The molecule has 252 valence electrons. The molecule has 0 amide bonds. The molecule has 0 aliphatic carbocycles. The zero-order valence-electron chi connectivity index (χ0n) is 28.0. The first-order valence-corrected chi connectivity index (χ1v) is 17.7. The van der Waals surface area contributed by atoms with E-state index in [2.05, 4.69) is 73.2 Å². The molecule has 5 aromatic carbocycles. The monoisotopic (exact) mass is 706 g/mol. The number of rotatable bonds is 12. The molecule has 0 bridgehead atoms. The van der Waals surface area contributed by atoms with E-state index >= 15 is 0 Å². The van der Waals surface area contributed by atoms with Crippen molar-refractivity contribution in [2.75, 3.05) is 12.4 Å². The fourth-order valence-electron chi connectivity index (χ4n) is 4.59. The number of aryl methyl sites for hydroxylation is 1. The molecule has 0 aromatic heterocycles. The molecule has 0 saturated carbocycles. The number of ether oxygens (including phenoxy) is 2. The maximum absolute atomic E-state index is 11.2. The predicted octanol–water partition coefficient (Wildman–Crippen LogP) is 9.60. The number of thioether (sulfide) groups is 1. The summed E-state index contributed by atoms with van der Waals surface area (Å²) in [5.74, 6) is 13.5. The van der Waals surface area contributed by atoms with E-state index in [0.717, 1.165) is 78.2 Å². The number of hydrogen-bond donors (Lipinski definition) is 0. The van der Waals surface area contributed by atoms with E-state index in [0.29, 0.717) is 19.0 Å². The van der Waals surface area contributed by atoms with Crippen LogP contribution in [0.25, 0.3) is 11.1 Å². The van der Waals surface area contributed by atoms with Gasteiger partial charge in [-0.25, -0.2) is 9.59 Å². The third-order valence-electron chi connectivity index (χ3n) is 7.30. The Bertz CT molecular complexity index is 2110. The van der Waals surface area contributed by atoms with Crippen molar-refractivity contribution in [1.29, 1.82) is 0 Å². The van der Waals surface area contributed by atoms with Gasteiger partial charge in [0.25, 0.3) is 0 Å². The number of carbonyl (C=O) groups excluding carboxylic acids is 2. The Balaban J connectivity index is 1.09. The van der Waals surface area contributed by atoms with Crippen molar-refractivity contribution < 1.29 is 23.2 Å². The summed E-state index contributed by atoms with van der Waals surface area (Å²) in [5.41, 5.74) is 7.95. The molecule has 5 rings (SSSR count). The molecule has 0 fully saturated rings. The Morgan fingerprint density at radius 2 is 1.16 bits per heavy atom. The van der Waals surface area contributed by atoms with Crippen LogP contribution < -0.4 is 4.74 Å². The third kappa shape index (κ3) is 11.6. The first-order valence-electron chi connectivity index (χ1n) is 16.0. The lowest BCUT2D eigenvalue weighted by Gasteiger charge is -2.10. The van der Waals surface area contributed by atoms with E-state index in [4.69, 9.17) is 13.7 Å². The molecular formula is C44H34O5S2. The SMILES string of the molecule is C=CC(=O)OCCSc1ccc(C#Cc2ccc(OCc3ccc(-c4ccc(C#Cc5ccc(SOC(=O)C=C)cc5)cc4)cc3)c(C)c2)cc1. The molecule has 0 heterocycles. The Kier molecular flexibility index (Phi) is 13.4. The fourth-order valence-corrected chi connectivity index (χ4v) is 5.82. The van der Waals surface area contributed by atoms with Gasteiger partial charge in [0.15, 0.2) is 0 Å². The summed E-state index contributed by atoms with van der Waals surface area (Å²) in [7, 11) is 0. The molecule has 0 radical (unpaired) electrons. The van der Waals surface area contributed by atoms with Crippen molar-refractivity contribution in [1.82, 2.24) is 0 Å². The minimum Gasteiger partial charge on any atom is -0.489 e. The number of hydrogen-bond acceptors (Lipinski definition) is 7. The van der Waals surface area contributed by atoms with Crippen LogP contribution in [0.4, 0.5) is 0 Å². The van der Waals surface area contributed by atoms with Crippen molar-refractivity contribution in [3.8, 4) is 40.6 Å². The molecule has 5 nitrogen and oxygen atoms in total. The minimum atomic E-state index is -0.478. The van der Waals surface area contributed by atoms with Gasteiger partial charge in [-0.05, 0) is 108 Å². The van der Waals surface area contributed by atoms with Crippen molar-refractivity contribution in [3.63, 3.8) is 0 Å². The predicted molar refractivity (Wildman–Crippen MR) is 206 cm³/mol. The summed E-state index contributed by atoms with van der Waals surface area (Å²) >= 11 is 2.61. The molecule has 0 unspecified atom stereocenters. The van der Waals surface area contributed by atoms with Gasteiger partial charge in [0.1, 0.15) is 19.0 Å². The van der Waals surface area contributed by atoms with Gasteiger partial charge in [-0.2, -0.15) is 0 Å². The second-order valence-electron chi connectivity index (χ2n) is 11.0. The highest BCUT2D eigenvalue weighted by molar-refractivity contribution is 7.99. The summed E-state index contributed by atoms with van der Waals surface area (Å²) in [6, 6.07) is 38.0. The molecule has 0 saturated heterocycles. The molecule has 0 atom stereocenters. The quantitative estimate of drug-likeness (QED) is 0.0320. The Morgan fingerprint density at radius 1 is 0.647 bits per heavy atom. The highest BCUT2D eigenvalue weighted by atomic mass is 32.2. The topological polar surface area (TPSA) is 61.8 Å². The smallest absolute Gasteiger partial charge is 0.342 e. The third-order valence-corrected chi connectivity index (χ3v) is 8.99. The minimum absolute atomic E-state index is 0.343. The second kappa shape index (κ2) is 18.8. The van der Waals surface area contributed by atoms with Gasteiger partial charge in [0.05, 0.1) is 12.0 Å². The standard InChI is InChI=1S/C44H34O5S2/c1-4-43(45)47-28-29-50-40-23-14-35(15-24-40)8-9-36-18-27-42(32(3)30-36)48-31-37-12-21-39(22-13-37)38-19-10-33(11-20-38)6-7-34-16-25-41(26-17-34)51-49-44(46)5-2/h4-5,10-27,30H,1-2,28-29,31H2,3H3. The van der Waals surface area contributed by atoms with Gasteiger partial charge >= 0.3 is 11.9 Å². The van der Waals surface area contributed by atoms with Crippen LogP contribution in [-0.4, -0.2) is 24.3 Å². The van der Waals surface area contributed by atoms with Gasteiger partial charge in [-0.15, -0.1) is 11.8 Å². The molecule has 0 aliphatic heterocycles. The number of carbonyl (C=O) groups is 2. The average molecular weight is 707 g/mol. The van der Waals surface area contributed by atoms with Crippen LogP contribution in [0.3, 0.4) is 0 Å². The van der Waals surface area contributed by atoms with E-state index in [1.807, 2.05) is 85.8 Å². The number of esters is 1. The maximum atomic E-state index is 11.2. The van der Waals surface area contributed by atoms with Gasteiger partial charge in [-0.1, -0.05) is 73.2 Å². The summed E-state index contributed by atoms with van der Waals surface area (Å²) in [5, 5.41) is 0. The van der Waals surface area contributed by atoms with Crippen molar-refractivity contribution in [2.24, 2.45) is 0 Å². The fraction of sp³-hybridized carbons (Fsp3) is 0.0909. The zero-order valence-corrected chi connectivity index (χ0v) is 29.7. The van der Waals surface area contributed by atoms with Gasteiger partial charge in [0.2, 0.25) is 0 Å². The van der Waals surface area contributed by atoms with Crippen LogP contribution >= 0.6 is 23.8 Å². The van der Waals surface area contributed by atoms with Gasteiger partial charge in [-0.3, -0.25) is 0 Å². The second-order valence-corrected chi connectivity index (χ2v) is 13.0. The molecule has 51 heavy (non-hydrogen) atoms. The van der Waals surface area contributed by atoms with Crippen molar-refractivity contribution in [2.45, 2.75) is 23.3 Å². The summed E-state index contributed by atoms with van der Waals surface area (Å²) in [4.78, 5) is 24.2. The first-order chi connectivity index (χ1) is 24.9. The molecule has 0 N–H and O–H groups in total. The Hall–Kier alpha value is -5.86. The van der Waals surface area contributed by atoms with E-state index < -0.39 is 11.9 Å². The summed E-state index contributed by atoms with van der Waals surface area (Å²) in [6.45, 7) is 9.61. The largest absolute Gasteiger partial charge is 0.489 e. The van der Waals surface area contributed by atoms with E-state index in [-0.39, 0.29) is 0 Å². The van der Waals surface area contributed by atoms with Crippen LogP contribution in [0.1, 0.15) is 33.4 Å². The van der Waals surface area contributed by atoms with Crippen LogP contribution in [0.15, 0.2) is 150 Å². The van der Waals surface area contributed by atoms with Crippen LogP contribution in [0, 0.1) is 30.6 Å². The molecule has 0 aliphatic rings. The van der Waals surface area contributed by atoms with Crippen molar-refractivity contribution in [3.05, 3.63) is 174 Å². The summed E-state index contributed by atoms with van der Waals surface area (Å²) in [6.07, 6.45) is 2.30. The van der Waals surface area contributed by atoms with Crippen LogP contribution in [0.2, 0.25) is 0 Å². The van der Waals surface area contributed by atoms with Gasteiger partial charge in [0, 0.05) is 49.9 Å². The Morgan fingerprint density at radius 3 is 1.73 bits per heavy atom. The van der Waals surface area contributed by atoms with Crippen LogP contribution in [0.5, 0.6) is 5.75 Å². The lowest BCUT2D eigenvalue weighted by Crippen LogP contribution is -2.03. The summed E-state index contributed by atoms with van der Waals surface area (Å²) < 4.78 is 16.1. The lowest BCUT2D eigenvalue weighted by molar-refractivity contribution is -0.137. The Labute approximate surface area is 308 Å². The maximum Gasteiger partial charge on any atom is 0.342 e. The molecule has 7 heteroatoms. The molecular weight excluding hydrogens is 673 g/mol.